The largest absolute Gasteiger partial charge is 0.306 e. The van der Waals surface area contributed by atoms with Gasteiger partial charge < -0.3 is 9.88 Å². The molecule has 3 heteroatoms. The highest BCUT2D eigenvalue weighted by molar-refractivity contribution is 5.38. The van der Waals surface area contributed by atoms with Gasteiger partial charge in [-0.25, -0.2) is 4.98 Å². The first-order chi connectivity index (χ1) is 9.37. The summed E-state index contributed by atoms with van der Waals surface area (Å²) in [5.74, 6) is 0.537. The molecular weight excluding hydrogens is 246 g/mol. The minimum absolute atomic E-state index is 0.106. The second kappa shape index (κ2) is 5.80. The van der Waals surface area contributed by atoms with Crippen LogP contribution in [-0.2, 0) is 6.54 Å². The van der Waals surface area contributed by atoms with Crippen molar-refractivity contribution in [1.82, 2.24) is 14.9 Å². The zero-order valence-corrected chi connectivity index (χ0v) is 13.1. The number of hydrogen-bond acceptors (Lipinski definition) is 2. The summed E-state index contributed by atoms with van der Waals surface area (Å²) in [6.07, 6.45) is 3.82. The van der Waals surface area contributed by atoms with E-state index in [-0.39, 0.29) is 5.54 Å². The Morgan fingerprint density at radius 3 is 2.65 bits per heavy atom. The van der Waals surface area contributed by atoms with Crippen LogP contribution in [-0.4, -0.2) is 15.1 Å². The van der Waals surface area contributed by atoms with Gasteiger partial charge in [0.1, 0.15) is 0 Å². The van der Waals surface area contributed by atoms with E-state index < -0.39 is 0 Å². The first-order valence-corrected chi connectivity index (χ1v) is 7.23. The predicted molar refractivity (Wildman–Crippen MR) is 84.2 cm³/mol. The normalized spacial score (nSPS) is 12.1. The van der Waals surface area contributed by atoms with Crippen LogP contribution in [0.2, 0.25) is 0 Å². The average Bonchev–Trinajstić information content (AvgIpc) is 2.84. The number of rotatable bonds is 4. The summed E-state index contributed by atoms with van der Waals surface area (Å²) in [7, 11) is 0. The molecular formula is C17H25N3. The van der Waals surface area contributed by atoms with Crippen LogP contribution in [0.15, 0.2) is 36.8 Å². The van der Waals surface area contributed by atoms with Crippen LogP contribution in [0.1, 0.15) is 51.8 Å². The van der Waals surface area contributed by atoms with E-state index in [1.807, 2.05) is 12.5 Å². The van der Waals surface area contributed by atoms with Crippen molar-refractivity contribution in [2.45, 2.75) is 52.6 Å². The number of imidazole rings is 1. The molecule has 0 aliphatic heterocycles. The van der Waals surface area contributed by atoms with E-state index in [1.165, 1.54) is 16.9 Å². The van der Waals surface area contributed by atoms with Gasteiger partial charge in [-0.05, 0) is 44.4 Å². The van der Waals surface area contributed by atoms with E-state index in [2.05, 4.69) is 73.8 Å². The molecule has 1 N–H and O–H groups in total. The smallest absolute Gasteiger partial charge is 0.0994 e. The van der Waals surface area contributed by atoms with Gasteiger partial charge in [0.05, 0.1) is 12.0 Å². The van der Waals surface area contributed by atoms with Crippen molar-refractivity contribution in [1.29, 1.82) is 0 Å². The molecule has 108 valence electrons. The minimum atomic E-state index is 0.106. The fourth-order valence-corrected chi connectivity index (χ4v) is 2.08. The van der Waals surface area contributed by atoms with Crippen molar-refractivity contribution in [3.8, 4) is 5.69 Å². The lowest BCUT2D eigenvalue weighted by Gasteiger charge is -2.21. The SMILES string of the molecule is CC(C)c1cccc(-n2cncc2CNC(C)(C)C)c1. The molecule has 1 heterocycles. The Kier molecular flexibility index (Phi) is 4.29. The van der Waals surface area contributed by atoms with Gasteiger partial charge in [0.15, 0.2) is 0 Å². The fraction of sp³-hybridized carbons (Fsp3) is 0.471. The van der Waals surface area contributed by atoms with Gasteiger partial charge >= 0.3 is 0 Å². The summed E-state index contributed by atoms with van der Waals surface area (Å²) in [5, 5.41) is 3.51. The monoisotopic (exact) mass is 271 g/mol. The number of hydrogen-bond donors (Lipinski definition) is 1. The maximum atomic E-state index is 4.30. The van der Waals surface area contributed by atoms with E-state index in [4.69, 9.17) is 0 Å². The number of nitrogens with zero attached hydrogens (tertiary/aromatic N) is 2. The fourth-order valence-electron chi connectivity index (χ4n) is 2.08. The Morgan fingerprint density at radius 2 is 2.00 bits per heavy atom. The van der Waals surface area contributed by atoms with Crippen LogP contribution in [0.4, 0.5) is 0 Å². The average molecular weight is 271 g/mol. The summed E-state index contributed by atoms with van der Waals surface area (Å²) < 4.78 is 2.16. The van der Waals surface area contributed by atoms with Crippen LogP contribution in [0.3, 0.4) is 0 Å². The van der Waals surface area contributed by atoms with Gasteiger partial charge in [0.25, 0.3) is 0 Å². The molecule has 0 unspecified atom stereocenters. The number of nitrogens with one attached hydrogen (secondary N) is 1. The second-order valence-corrected chi connectivity index (χ2v) is 6.61. The molecule has 0 aliphatic carbocycles. The van der Waals surface area contributed by atoms with Gasteiger partial charge in [0.2, 0.25) is 0 Å². The Morgan fingerprint density at radius 1 is 1.25 bits per heavy atom. The van der Waals surface area contributed by atoms with Crippen molar-refractivity contribution < 1.29 is 0 Å². The van der Waals surface area contributed by atoms with Crippen LogP contribution < -0.4 is 5.32 Å². The Labute approximate surface area is 122 Å². The maximum absolute atomic E-state index is 4.30. The molecule has 3 nitrogen and oxygen atoms in total. The van der Waals surface area contributed by atoms with Gasteiger partial charge in [-0.2, -0.15) is 0 Å². The number of aromatic nitrogens is 2. The van der Waals surface area contributed by atoms with E-state index >= 15 is 0 Å². The first-order valence-electron chi connectivity index (χ1n) is 7.23. The second-order valence-electron chi connectivity index (χ2n) is 6.61. The standard InChI is InChI=1S/C17H25N3/c1-13(2)14-7-6-8-15(9-14)20-12-18-10-16(20)11-19-17(3,4)5/h6-10,12-13,19H,11H2,1-5H3. The minimum Gasteiger partial charge on any atom is -0.306 e. The summed E-state index contributed by atoms with van der Waals surface area (Å²) in [6, 6.07) is 8.67. The molecule has 0 aliphatic rings. The van der Waals surface area contributed by atoms with Gasteiger partial charge in [-0.15, -0.1) is 0 Å². The summed E-state index contributed by atoms with van der Waals surface area (Å²) in [6.45, 7) is 11.8. The molecule has 2 rings (SSSR count). The van der Waals surface area contributed by atoms with Crippen molar-refractivity contribution in [2.24, 2.45) is 0 Å². The third kappa shape index (κ3) is 3.70. The van der Waals surface area contributed by atoms with Gasteiger partial charge in [0, 0.05) is 24.0 Å². The van der Waals surface area contributed by atoms with Gasteiger partial charge in [-0.1, -0.05) is 26.0 Å². The van der Waals surface area contributed by atoms with Crippen LogP contribution >= 0.6 is 0 Å². The van der Waals surface area contributed by atoms with Crippen molar-refractivity contribution in [3.63, 3.8) is 0 Å². The molecule has 0 amide bonds. The molecule has 0 bridgehead atoms. The quantitative estimate of drug-likeness (QED) is 0.914. The van der Waals surface area contributed by atoms with Crippen molar-refractivity contribution in [3.05, 3.63) is 48.0 Å². The molecule has 1 aromatic heterocycles. The molecule has 0 radical (unpaired) electrons. The first kappa shape index (κ1) is 14.8. The lowest BCUT2D eigenvalue weighted by atomic mass is 10.0. The summed E-state index contributed by atoms with van der Waals surface area (Å²) in [4.78, 5) is 4.30. The highest BCUT2D eigenvalue weighted by Gasteiger charge is 2.11. The van der Waals surface area contributed by atoms with E-state index in [1.54, 1.807) is 0 Å². The van der Waals surface area contributed by atoms with E-state index in [0.717, 1.165) is 6.54 Å². The third-order valence-corrected chi connectivity index (χ3v) is 3.33. The van der Waals surface area contributed by atoms with Crippen LogP contribution in [0.25, 0.3) is 5.69 Å². The molecule has 0 spiro atoms. The molecule has 0 atom stereocenters. The van der Waals surface area contributed by atoms with Crippen LogP contribution in [0, 0.1) is 0 Å². The van der Waals surface area contributed by atoms with Crippen molar-refractivity contribution in [2.75, 3.05) is 0 Å². The Bertz CT molecular complexity index is 562. The predicted octanol–water partition coefficient (Wildman–Crippen LogP) is 3.88. The highest BCUT2D eigenvalue weighted by Crippen LogP contribution is 2.19. The zero-order valence-electron chi connectivity index (χ0n) is 13.1. The van der Waals surface area contributed by atoms with Gasteiger partial charge in [-0.3, -0.25) is 0 Å². The molecule has 0 saturated carbocycles. The van der Waals surface area contributed by atoms with E-state index in [0.29, 0.717) is 5.92 Å². The highest BCUT2D eigenvalue weighted by atomic mass is 15.1. The Hall–Kier alpha value is -1.61. The van der Waals surface area contributed by atoms with E-state index in [9.17, 15) is 0 Å². The molecule has 2 aromatic rings. The molecule has 0 saturated heterocycles. The summed E-state index contributed by atoms with van der Waals surface area (Å²) in [5.41, 5.74) is 3.82. The van der Waals surface area contributed by atoms with Crippen molar-refractivity contribution >= 4 is 0 Å². The zero-order chi connectivity index (χ0) is 14.8. The lowest BCUT2D eigenvalue weighted by molar-refractivity contribution is 0.419. The van der Waals surface area contributed by atoms with Crippen LogP contribution in [0.5, 0.6) is 0 Å². The Balaban J connectivity index is 2.25. The lowest BCUT2D eigenvalue weighted by Crippen LogP contribution is -2.35. The molecule has 20 heavy (non-hydrogen) atoms. The number of benzene rings is 1. The maximum Gasteiger partial charge on any atom is 0.0994 e. The molecule has 1 aromatic carbocycles. The molecule has 0 fully saturated rings. The summed E-state index contributed by atoms with van der Waals surface area (Å²) >= 11 is 0. The third-order valence-electron chi connectivity index (χ3n) is 3.33. The topological polar surface area (TPSA) is 29.9 Å².